The summed E-state index contributed by atoms with van der Waals surface area (Å²) >= 11 is 5.40. The third-order valence-electron chi connectivity index (χ3n) is 1.23. The molecule has 0 saturated heterocycles. The molecule has 0 radical (unpaired) electrons. The molecule has 0 bridgehead atoms. The van der Waals surface area contributed by atoms with E-state index in [1.807, 2.05) is 0 Å². The van der Waals surface area contributed by atoms with Crippen LogP contribution in [0.25, 0.3) is 0 Å². The highest BCUT2D eigenvalue weighted by Crippen LogP contribution is 2.15. The Morgan fingerprint density at radius 1 is 1.55 bits per heavy atom. The third kappa shape index (κ3) is 1.98. The van der Waals surface area contributed by atoms with Gasteiger partial charge in [0.25, 0.3) is 0 Å². The first-order valence-corrected chi connectivity index (χ1v) is 3.35. The Morgan fingerprint density at radius 2 is 2.27 bits per heavy atom. The van der Waals surface area contributed by atoms with Crippen LogP contribution < -0.4 is 0 Å². The largest absolute Gasteiger partial charge is 0.205 e. The van der Waals surface area contributed by atoms with Crippen molar-refractivity contribution in [2.24, 2.45) is 5.18 Å². The summed E-state index contributed by atoms with van der Waals surface area (Å²) in [4.78, 5) is 9.77. The van der Waals surface area contributed by atoms with Crippen molar-refractivity contribution in [3.8, 4) is 0 Å². The number of hydrogen-bond donors (Lipinski definition) is 0. The van der Waals surface area contributed by atoms with E-state index in [9.17, 15) is 9.30 Å². The minimum absolute atomic E-state index is 0.0198. The van der Waals surface area contributed by atoms with Crippen molar-refractivity contribution in [3.63, 3.8) is 0 Å². The first-order valence-electron chi connectivity index (χ1n) is 2.97. The fourth-order valence-corrected chi connectivity index (χ4v) is 0.830. The molecule has 58 valence electrons. The lowest BCUT2D eigenvalue weighted by Crippen LogP contribution is -1.83. The van der Waals surface area contributed by atoms with Crippen molar-refractivity contribution in [2.75, 3.05) is 0 Å². The molecule has 0 saturated carbocycles. The second-order valence-corrected chi connectivity index (χ2v) is 2.44. The van der Waals surface area contributed by atoms with Crippen molar-refractivity contribution in [3.05, 3.63) is 39.5 Å². The molecule has 0 heterocycles. The molecule has 0 spiro atoms. The number of nitrogens with zero attached hydrogens (tertiary/aromatic N) is 1. The van der Waals surface area contributed by atoms with E-state index in [2.05, 4.69) is 5.18 Å². The molecular weight excluding hydrogens is 169 g/mol. The molecule has 0 aliphatic carbocycles. The van der Waals surface area contributed by atoms with Crippen molar-refractivity contribution >= 4 is 11.6 Å². The fourth-order valence-electron chi connectivity index (χ4n) is 0.713. The zero-order chi connectivity index (χ0) is 8.27. The minimum atomic E-state index is -0.521. The summed E-state index contributed by atoms with van der Waals surface area (Å²) in [6.07, 6.45) is 0. The molecule has 0 aliphatic heterocycles. The van der Waals surface area contributed by atoms with E-state index in [4.69, 9.17) is 11.6 Å². The van der Waals surface area contributed by atoms with Gasteiger partial charge in [-0.05, 0) is 17.7 Å². The normalized spacial score (nSPS) is 9.64. The molecule has 4 heteroatoms. The van der Waals surface area contributed by atoms with Gasteiger partial charge in [0.15, 0.2) is 0 Å². The molecule has 0 aliphatic rings. The third-order valence-corrected chi connectivity index (χ3v) is 1.54. The highest BCUT2D eigenvalue weighted by molar-refractivity contribution is 6.30. The first kappa shape index (κ1) is 8.14. The van der Waals surface area contributed by atoms with Crippen LogP contribution in [0.4, 0.5) is 4.39 Å². The Hall–Kier alpha value is -0.960. The van der Waals surface area contributed by atoms with Crippen LogP contribution in [0.2, 0.25) is 5.02 Å². The highest BCUT2D eigenvalue weighted by Gasteiger charge is 1.99. The average Bonchev–Trinajstić information content (AvgIpc) is 1.98. The van der Waals surface area contributed by atoms with E-state index in [0.29, 0.717) is 5.56 Å². The molecule has 1 aromatic rings. The summed E-state index contributed by atoms with van der Waals surface area (Å²) < 4.78 is 12.6. The van der Waals surface area contributed by atoms with Crippen molar-refractivity contribution < 1.29 is 4.39 Å². The summed E-state index contributed by atoms with van der Waals surface area (Å²) in [5.74, 6) is -0.521. The van der Waals surface area contributed by atoms with Gasteiger partial charge >= 0.3 is 0 Å². The van der Waals surface area contributed by atoms with Crippen LogP contribution in [0.5, 0.6) is 0 Å². The molecule has 1 aromatic carbocycles. The van der Waals surface area contributed by atoms with Gasteiger partial charge < -0.3 is 0 Å². The fraction of sp³-hybridized carbons (Fsp3) is 0.143. The topological polar surface area (TPSA) is 29.4 Å². The van der Waals surface area contributed by atoms with Crippen LogP contribution in [0.15, 0.2) is 23.4 Å². The lowest BCUT2D eigenvalue weighted by molar-refractivity contribution is 0.626. The standard InChI is InChI=1S/C7H5ClFNO/c8-6-2-1-5(4-10-11)3-7(6)9/h1-3H,4H2. The molecule has 0 atom stereocenters. The van der Waals surface area contributed by atoms with Crippen LogP contribution in [-0.2, 0) is 6.54 Å². The molecule has 11 heavy (non-hydrogen) atoms. The summed E-state index contributed by atoms with van der Waals surface area (Å²) in [6, 6.07) is 4.16. The van der Waals surface area contributed by atoms with Crippen molar-refractivity contribution in [2.45, 2.75) is 6.54 Å². The maximum atomic E-state index is 12.6. The second kappa shape index (κ2) is 3.44. The number of nitroso groups, excluding NO2 is 1. The number of halogens is 2. The van der Waals surface area contributed by atoms with E-state index in [-0.39, 0.29) is 11.6 Å². The minimum Gasteiger partial charge on any atom is -0.205 e. The highest BCUT2D eigenvalue weighted by atomic mass is 35.5. The summed E-state index contributed by atoms with van der Waals surface area (Å²) in [5, 5.41) is 2.67. The van der Waals surface area contributed by atoms with E-state index in [1.54, 1.807) is 6.07 Å². The van der Waals surface area contributed by atoms with Crippen molar-refractivity contribution in [1.29, 1.82) is 0 Å². The van der Waals surface area contributed by atoms with Gasteiger partial charge in [0.2, 0.25) is 0 Å². The maximum Gasteiger partial charge on any atom is 0.142 e. The Morgan fingerprint density at radius 3 is 2.82 bits per heavy atom. The second-order valence-electron chi connectivity index (χ2n) is 2.04. The van der Waals surface area contributed by atoms with E-state index in [1.165, 1.54) is 12.1 Å². The lowest BCUT2D eigenvalue weighted by Gasteiger charge is -1.95. The number of benzene rings is 1. The zero-order valence-corrected chi connectivity index (χ0v) is 6.31. The molecule has 0 N–H and O–H groups in total. The number of hydrogen-bond acceptors (Lipinski definition) is 2. The predicted octanol–water partition coefficient (Wildman–Crippen LogP) is 2.75. The molecule has 2 nitrogen and oxygen atoms in total. The van der Waals surface area contributed by atoms with Crippen LogP contribution in [-0.4, -0.2) is 0 Å². The van der Waals surface area contributed by atoms with Gasteiger partial charge in [0.1, 0.15) is 12.4 Å². The van der Waals surface area contributed by atoms with E-state index < -0.39 is 5.82 Å². The molecule has 0 amide bonds. The maximum absolute atomic E-state index is 12.6. The zero-order valence-electron chi connectivity index (χ0n) is 5.55. The molecular formula is C7H5ClFNO. The average molecular weight is 174 g/mol. The van der Waals surface area contributed by atoms with Gasteiger partial charge in [-0.1, -0.05) is 22.8 Å². The lowest BCUT2D eigenvalue weighted by atomic mass is 10.2. The monoisotopic (exact) mass is 173 g/mol. The molecule has 0 aromatic heterocycles. The summed E-state index contributed by atoms with van der Waals surface area (Å²) in [7, 11) is 0. The van der Waals surface area contributed by atoms with Gasteiger partial charge in [-0.3, -0.25) is 0 Å². The predicted molar refractivity (Wildman–Crippen MR) is 40.9 cm³/mol. The SMILES string of the molecule is O=NCc1ccc(Cl)c(F)c1. The molecule has 1 rings (SSSR count). The Balaban J connectivity index is 2.95. The van der Waals surface area contributed by atoms with Gasteiger partial charge in [0, 0.05) is 0 Å². The van der Waals surface area contributed by atoms with Gasteiger partial charge in [0.05, 0.1) is 5.02 Å². The van der Waals surface area contributed by atoms with Gasteiger partial charge in [-0.2, -0.15) is 4.91 Å². The summed E-state index contributed by atoms with van der Waals surface area (Å²) in [6.45, 7) is -0.0198. The molecule has 0 unspecified atom stereocenters. The smallest absolute Gasteiger partial charge is 0.142 e. The van der Waals surface area contributed by atoms with E-state index in [0.717, 1.165) is 0 Å². The van der Waals surface area contributed by atoms with Gasteiger partial charge in [-0.25, -0.2) is 4.39 Å². The van der Waals surface area contributed by atoms with Crippen LogP contribution >= 0.6 is 11.6 Å². The Kier molecular flexibility index (Phi) is 2.54. The van der Waals surface area contributed by atoms with Crippen LogP contribution in [0.1, 0.15) is 5.56 Å². The first-order chi connectivity index (χ1) is 5.24. The number of rotatable bonds is 2. The Bertz CT molecular complexity index is 277. The molecule has 0 fully saturated rings. The van der Waals surface area contributed by atoms with E-state index >= 15 is 0 Å². The Labute approximate surface area is 68.0 Å². The van der Waals surface area contributed by atoms with Crippen LogP contribution in [0, 0.1) is 10.7 Å². The van der Waals surface area contributed by atoms with Crippen molar-refractivity contribution in [1.82, 2.24) is 0 Å². The quantitative estimate of drug-likeness (QED) is 0.633. The van der Waals surface area contributed by atoms with Gasteiger partial charge in [-0.15, -0.1) is 0 Å². The summed E-state index contributed by atoms with van der Waals surface area (Å²) in [5.41, 5.74) is 0.530. The van der Waals surface area contributed by atoms with Crippen LogP contribution in [0.3, 0.4) is 0 Å².